The van der Waals surface area contributed by atoms with Crippen LogP contribution in [0.25, 0.3) is 0 Å². The molecule has 1 saturated carbocycles. The van der Waals surface area contributed by atoms with Gasteiger partial charge in [0.25, 0.3) is 0 Å². The van der Waals surface area contributed by atoms with E-state index in [0.717, 1.165) is 40.2 Å². The molecule has 1 aliphatic heterocycles. The number of hydrogen-bond donors (Lipinski definition) is 0. The molecule has 1 unspecified atom stereocenters. The number of carbonyl (C=O) groups is 1. The van der Waals surface area contributed by atoms with Gasteiger partial charge < -0.3 is 14.4 Å². The van der Waals surface area contributed by atoms with E-state index < -0.39 is 11.7 Å². The Labute approximate surface area is 196 Å². The normalized spacial score (nSPS) is 19.8. The Kier molecular flexibility index (Phi) is 7.42. The van der Waals surface area contributed by atoms with Crippen LogP contribution in [0, 0.1) is 19.3 Å². The lowest BCUT2D eigenvalue weighted by molar-refractivity contribution is -0.171. The molecule has 0 amide bonds. The van der Waals surface area contributed by atoms with Crippen molar-refractivity contribution in [3.05, 3.63) is 21.4 Å². The second-order valence-corrected chi connectivity index (χ2v) is 11.5. The highest BCUT2D eigenvalue weighted by Gasteiger charge is 2.42. The molecule has 174 valence electrons. The summed E-state index contributed by atoms with van der Waals surface area (Å²) in [6.45, 7) is 15.7. The summed E-state index contributed by atoms with van der Waals surface area (Å²) >= 11 is 3.82. The van der Waals surface area contributed by atoms with Gasteiger partial charge in [0.1, 0.15) is 0 Å². The summed E-state index contributed by atoms with van der Waals surface area (Å²) in [5, 5.41) is 0. The van der Waals surface area contributed by atoms with Gasteiger partial charge in [0.05, 0.1) is 27.6 Å². The third-order valence-electron chi connectivity index (χ3n) is 6.47. The number of anilines is 1. The van der Waals surface area contributed by atoms with Gasteiger partial charge in [0.2, 0.25) is 0 Å². The summed E-state index contributed by atoms with van der Waals surface area (Å²) in [4.78, 5) is 20.5. The monoisotopic (exact) mass is 494 g/mol. The fourth-order valence-corrected chi connectivity index (χ4v) is 5.71. The first-order valence-electron chi connectivity index (χ1n) is 11.7. The average Bonchev–Trinajstić information content (AvgIpc) is 3.05. The Hall–Kier alpha value is -1.14. The van der Waals surface area contributed by atoms with E-state index in [1.165, 1.54) is 38.5 Å². The van der Waals surface area contributed by atoms with Gasteiger partial charge >= 0.3 is 5.97 Å². The molecule has 1 spiro atoms. The number of aryl methyl sites for hydroxylation is 2. The number of ether oxygens (including phenoxy) is 2. The number of carbonyl (C=O) groups excluding carboxylic acids is 1. The third kappa shape index (κ3) is 5.62. The van der Waals surface area contributed by atoms with Gasteiger partial charge in [-0.2, -0.15) is 0 Å². The molecular formula is C25H39BrN2O3. The summed E-state index contributed by atoms with van der Waals surface area (Å²) in [5.74, 6) is -0.349. The molecule has 2 aliphatic rings. The first kappa shape index (κ1) is 24.5. The lowest BCUT2D eigenvalue weighted by Crippen LogP contribution is -2.34. The van der Waals surface area contributed by atoms with Crippen LogP contribution < -0.4 is 4.90 Å². The van der Waals surface area contributed by atoms with Crippen LogP contribution in [0.1, 0.15) is 96.2 Å². The van der Waals surface area contributed by atoms with Crippen molar-refractivity contribution in [1.29, 1.82) is 0 Å². The summed E-state index contributed by atoms with van der Waals surface area (Å²) in [5.41, 5.74) is 3.56. The largest absolute Gasteiger partial charge is 0.461 e. The smallest absolute Gasteiger partial charge is 0.340 e. The van der Waals surface area contributed by atoms with Crippen molar-refractivity contribution in [3.8, 4) is 0 Å². The third-order valence-corrected chi connectivity index (χ3v) is 7.42. The van der Waals surface area contributed by atoms with Gasteiger partial charge in [-0.3, -0.25) is 4.98 Å². The van der Waals surface area contributed by atoms with E-state index in [2.05, 4.69) is 20.8 Å². The zero-order valence-electron chi connectivity index (χ0n) is 20.3. The molecule has 1 aliphatic carbocycles. The first-order chi connectivity index (χ1) is 14.4. The number of hydrogen-bond acceptors (Lipinski definition) is 5. The topological polar surface area (TPSA) is 51.7 Å². The Balaban J connectivity index is 2.08. The van der Waals surface area contributed by atoms with Crippen LogP contribution in [0.2, 0.25) is 0 Å². The molecule has 1 saturated heterocycles. The fourth-order valence-electron chi connectivity index (χ4n) is 5.15. The molecule has 2 fully saturated rings. The molecule has 1 atom stereocenters. The summed E-state index contributed by atoms with van der Waals surface area (Å²) in [6.07, 6.45) is 6.80. The zero-order chi connectivity index (χ0) is 23.0. The minimum absolute atomic E-state index is 0.207. The Morgan fingerprint density at radius 1 is 1.10 bits per heavy atom. The molecule has 0 bridgehead atoms. The maximum absolute atomic E-state index is 13.2. The Bertz CT molecular complexity index is 810. The quantitative estimate of drug-likeness (QED) is 0.441. The molecule has 6 heteroatoms. The molecule has 0 radical (unpaired) electrons. The van der Waals surface area contributed by atoms with Crippen LogP contribution in [0.4, 0.5) is 5.69 Å². The maximum Gasteiger partial charge on any atom is 0.340 e. The van der Waals surface area contributed by atoms with Gasteiger partial charge in [-0.05, 0) is 89.1 Å². The van der Waals surface area contributed by atoms with Crippen molar-refractivity contribution in [2.75, 3.05) is 18.0 Å². The summed E-state index contributed by atoms with van der Waals surface area (Å²) < 4.78 is 12.9. The predicted molar refractivity (Wildman–Crippen MR) is 129 cm³/mol. The van der Waals surface area contributed by atoms with Crippen molar-refractivity contribution in [3.63, 3.8) is 0 Å². The number of halogens is 1. The van der Waals surface area contributed by atoms with Crippen LogP contribution in [0.3, 0.4) is 0 Å². The van der Waals surface area contributed by atoms with E-state index in [4.69, 9.17) is 14.5 Å². The van der Waals surface area contributed by atoms with Crippen LogP contribution in [-0.2, 0) is 14.3 Å². The number of aromatic nitrogens is 1. The number of nitrogens with zero attached hydrogens (tertiary/aromatic N) is 2. The molecule has 0 N–H and O–H groups in total. The van der Waals surface area contributed by atoms with E-state index in [9.17, 15) is 4.79 Å². The predicted octanol–water partition coefficient (Wildman–Crippen LogP) is 6.43. The molecule has 5 nitrogen and oxygen atoms in total. The molecule has 3 rings (SSSR count). The molecule has 31 heavy (non-hydrogen) atoms. The minimum atomic E-state index is -0.815. The zero-order valence-corrected chi connectivity index (χ0v) is 21.9. The minimum Gasteiger partial charge on any atom is -0.461 e. The highest BCUT2D eigenvalue weighted by molar-refractivity contribution is 9.10. The Morgan fingerprint density at radius 2 is 1.74 bits per heavy atom. The second-order valence-electron chi connectivity index (χ2n) is 10.7. The standard InChI is InChI=1S/C25H39BrN2O3/c1-16(2)30-23(29)22(31-24(5,6)7)19-17(3)27-18(4)20(26)21(19)28-14-13-25(15-28)11-9-8-10-12-25/h16,22H,8-15H2,1-7H3. The van der Waals surface area contributed by atoms with Crippen molar-refractivity contribution in [1.82, 2.24) is 4.98 Å². The van der Waals surface area contributed by atoms with Gasteiger partial charge in [-0.1, -0.05) is 19.3 Å². The number of rotatable bonds is 5. The number of pyridine rings is 1. The average molecular weight is 496 g/mol. The van der Waals surface area contributed by atoms with E-state index in [-0.39, 0.29) is 12.1 Å². The molecule has 2 heterocycles. The van der Waals surface area contributed by atoms with Gasteiger partial charge in [-0.25, -0.2) is 4.79 Å². The Morgan fingerprint density at radius 3 is 2.32 bits per heavy atom. The molecular weight excluding hydrogens is 456 g/mol. The number of esters is 1. The van der Waals surface area contributed by atoms with Crippen molar-refractivity contribution in [2.45, 2.75) is 105 Å². The fraction of sp³-hybridized carbons (Fsp3) is 0.760. The van der Waals surface area contributed by atoms with Gasteiger partial charge in [-0.15, -0.1) is 0 Å². The molecule has 1 aromatic rings. The lowest BCUT2D eigenvalue weighted by atomic mass is 9.73. The molecule has 0 aromatic carbocycles. The highest BCUT2D eigenvalue weighted by atomic mass is 79.9. The van der Waals surface area contributed by atoms with E-state index in [1.807, 2.05) is 48.5 Å². The second kappa shape index (κ2) is 9.38. The van der Waals surface area contributed by atoms with E-state index >= 15 is 0 Å². The van der Waals surface area contributed by atoms with Crippen LogP contribution >= 0.6 is 15.9 Å². The molecule has 1 aromatic heterocycles. The van der Waals surface area contributed by atoms with E-state index in [0.29, 0.717) is 5.41 Å². The summed E-state index contributed by atoms with van der Waals surface area (Å²) in [6, 6.07) is 0. The van der Waals surface area contributed by atoms with Gasteiger partial charge in [0.15, 0.2) is 6.10 Å². The SMILES string of the molecule is Cc1nc(C)c(C(OC(C)(C)C)C(=O)OC(C)C)c(N2CCC3(CCCCC3)C2)c1Br. The maximum atomic E-state index is 13.2. The van der Waals surface area contributed by atoms with Crippen molar-refractivity contribution in [2.24, 2.45) is 5.41 Å². The van der Waals surface area contributed by atoms with Gasteiger partial charge in [0, 0.05) is 24.3 Å². The first-order valence-corrected chi connectivity index (χ1v) is 12.5. The lowest BCUT2D eigenvalue weighted by Gasteiger charge is -2.35. The van der Waals surface area contributed by atoms with Crippen LogP contribution in [0.15, 0.2) is 4.47 Å². The highest BCUT2D eigenvalue weighted by Crippen LogP contribution is 2.48. The van der Waals surface area contributed by atoms with Crippen molar-refractivity contribution >= 4 is 27.6 Å². The van der Waals surface area contributed by atoms with Crippen molar-refractivity contribution < 1.29 is 14.3 Å². The van der Waals surface area contributed by atoms with E-state index in [1.54, 1.807) is 0 Å². The summed E-state index contributed by atoms with van der Waals surface area (Å²) in [7, 11) is 0. The van der Waals surface area contributed by atoms with Crippen LogP contribution in [-0.4, -0.2) is 35.7 Å². The van der Waals surface area contributed by atoms with Crippen LogP contribution in [0.5, 0.6) is 0 Å².